The number of aliphatic carboxylic acids is 1. The first-order valence-corrected chi connectivity index (χ1v) is 12.7. The van der Waals surface area contributed by atoms with Crippen molar-refractivity contribution >= 4 is 24.1 Å². The van der Waals surface area contributed by atoms with Gasteiger partial charge in [-0.05, 0) is 29.3 Å². The van der Waals surface area contributed by atoms with E-state index in [4.69, 9.17) is 9.53 Å². The van der Waals surface area contributed by atoms with E-state index < -0.39 is 24.1 Å². The zero-order valence-corrected chi connectivity index (χ0v) is 16.9. The van der Waals surface area contributed by atoms with Gasteiger partial charge in [0.2, 0.25) is 0 Å². The van der Waals surface area contributed by atoms with Gasteiger partial charge in [0, 0.05) is 0 Å². The van der Waals surface area contributed by atoms with Crippen molar-refractivity contribution in [2.24, 2.45) is 0 Å². The molecule has 0 fully saturated rings. The van der Waals surface area contributed by atoms with E-state index in [1.807, 2.05) is 12.1 Å². The zero-order valence-electron chi connectivity index (χ0n) is 15.1. The van der Waals surface area contributed by atoms with Crippen molar-refractivity contribution in [3.8, 4) is 0 Å². The molecule has 0 aliphatic heterocycles. The molecule has 0 aromatic heterocycles. The molecule has 1 N–H and O–H groups in total. The molecule has 1 rings (SSSR count). The molecule has 0 radical (unpaired) electrons. The highest BCUT2D eigenvalue weighted by atomic mass is 32.2. The quantitative estimate of drug-likeness (QED) is 0.705. The molecule has 136 valence electrons. The number of hydrogen-bond acceptors (Lipinski definition) is 4. The summed E-state index contributed by atoms with van der Waals surface area (Å²) in [6, 6.07) is 7.27. The molecule has 5 nitrogen and oxygen atoms in total. The molecule has 0 saturated heterocycles. The third-order valence-corrected chi connectivity index (χ3v) is 10.5. The van der Waals surface area contributed by atoms with E-state index in [9.17, 15) is 13.2 Å². The van der Waals surface area contributed by atoms with Crippen LogP contribution in [0.2, 0.25) is 18.1 Å². The third kappa shape index (κ3) is 6.74. The minimum Gasteiger partial charge on any atom is -0.481 e. The van der Waals surface area contributed by atoms with Crippen LogP contribution < -0.4 is 0 Å². The van der Waals surface area contributed by atoms with Crippen LogP contribution in [0.5, 0.6) is 0 Å². The van der Waals surface area contributed by atoms with Crippen LogP contribution in [-0.4, -0.2) is 33.6 Å². The summed E-state index contributed by atoms with van der Waals surface area (Å²) in [6.45, 7) is 11.5. The molecule has 1 aromatic rings. The Morgan fingerprint density at radius 3 is 2.08 bits per heavy atom. The van der Waals surface area contributed by atoms with Crippen molar-refractivity contribution in [2.45, 2.75) is 57.7 Å². The SMILES string of the molecule is CC(C)(C)[Si](C)(C)OCc1ccc(CS(=O)(=O)CCC(=O)O)cc1. The molecule has 24 heavy (non-hydrogen) atoms. The van der Waals surface area contributed by atoms with Crippen LogP contribution in [0.3, 0.4) is 0 Å². The van der Waals surface area contributed by atoms with E-state index in [1.54, 1.807) is 12.1 Å². The zero-order chi connectivity index (χ0) is 18.6. The Bertz CT molecular complexity index is 657. The van der Waals surface area contributed by atoms with Crippen LogP contribution in [0.15, 0.2) is 24.3 Å². The molecule has 0 heterocycles. The van der Waals surface area contributed by atoms with Gasteiger partial charge in [0.1, 0.15) is 0 Å². The first-order valence-electron chi connectivity index (χ1n) is 7.96. The van der Waals surface area contributed by atoms with Crippen molar-refractivity contribution in [3.63, 3.8) is 0 Å². The fourth-order valence-electron chi connectivity index (χ4n) is 1.78. The van der Waals surface area contributed by atoms with Crippen molar-refractivity contribution in [3.05, 3.63) is 35.4 Å². The molecule has 0 saturated carbocycles. The lowest BCUT2D eigenvalue weighted by Gasteiger charge is -2.36. The topological polar surface area (TPSA) is 80.7 Å². The summed E-state index contributed by atoms with van der Waals surface area (Å²) < 4.78 is 29.9. The molecule has 0 bridgehead atoms. The largest absolute Gasteiger partial charge is 0.481 e. The Morgan fingerprint density at radius 1 is 1.12 bits per heavy atom. The van der Waals surface area contributed by atoms with Gasteiger partial charge in [-0.15, -0.1) is 0 Å². The van der Waals surface area contributed by atoms with Crippen LogP contribution in [0.4, 0.5) is 0 Å². The van der Waals surface area contributed by atoms with Crippen LogP contribution in [0.1, 0.15) is 38.3 Å². The highest BCUT2D eigenvalue weighted by Crippen LogP contribution is 2.37. The van der Waals surface area contributed by atoms with Crippen LogP contribution in [0.25, 0.3) is 0 Å². The molecular weight excluding hydrogens is 344 g/mol. The van der Waals surface area contributed by atoms with Gasteiger partial charge in [-0.25, -0.2) is 8.42 Å². The van der Waals surface area contributed by atoms with Gasteiger partial charge in [-0.2, -0.15) is 0 Å². The van der Waals surface area contributed by atoms with Crippen LogP contribution in [0, 0.1) is 0 Å². The lowest BCUT2D eigenvalue weighted by atomic mass is 10.2. The van der Waals surface area contributed by atoms with Gasteiger partial charge in [-0.1, -0.05) is 45.0 Å². The number of carboxylic acid groups (broad SMARTS) is 1. The van der Waals surface area contributed by atoms with Crippen LogP contribution >= 0.6 is 0 Å². The number of rotatable bonds is 8. The minimum absolute atomic E-state index is 0.135. The van der Waals surface area contributed by atoms with Gasteiger partial charge in [0.05, 0.1) is 24.5 Å². The van der Waals surface area contributed by atoms with E-state index in [2.05, 4.69) is 33.9 Å². The Morgan fingerprint density at radius 2 is 1.62 bits per heavy atom. The Kier molecular flexibility index (Phi) is 6.78. The maximum atomic E-state index is 11.9. The number of sulfone groups is 1. The van der Waals surface area contributed by atoms with Crippen molar-refractivity contribution in [2.75, 3.05) is 5.75 Å². The van der Waals surface area contributed by atoms with Gasteiger partial charge < -0.3 is 9.53 Å². The monoisotopic (exact) mass is 372 g/mol. The molecular formula is C17H28O5SSi. The van der Waals surface area contributed by atoms with Gasteiger partial charge in [0.25, 0.3) is 0 Å². The second-order valence-electron chi connectivity index (χ2n) is 7.60. The fraction of sp³-hybridized carbons (Fsp3) is 0.588. The third-order valence-electron chi connectivity index (χ3n) is 4.44. The smallest absolute Gasteiger partial charge is 0.304 e. The molecule has 0 amide bonds. The molecule has 0 aliphatic carbocycles. The highest BCUT2D eigenvalue weighted by molar-refractivity contribution is 7.90. The first kappa shape index (κ1) is 20.9. The summed E-state index contributed by atoms with van der Waals surface area (Å²) in [5.74, 6) is -1.57. The second kappa shape index (κ2) is 7.80. The van der Waals surface area contributed by atoms with Crippen molar-refractivity contribution in [1.82, 2.24) is 0 Å². The number of carboxylic acids is 1. The summed E-state index contributed by atoms with van der Waals surface area (Å²) in [5.41, 5.74) is 1.67. The Labute approximate surface area is 146 Å². The average Bonchev–Trinajstić information content (AvgIpc) is 2.43. The summed E-state index contributed by atoms with van der Waals surface area (Å²) >= 11 is 0. The number of carbonyl (C=O) groups is 1. The lowest BCUT2D eigenvalue weighted by molar-refractivity contribution is -0.136. The highest BCUT2D eigenvalue weighted by Gasteiger charge is 2.36. The molecule has 0 atom stereocenters. The Hall–Kier alpha value is -1.18. The maximum Gasteiger partial charge on any atom is 0.304 e. The van der Waals surface area contributed by atoms with E-state index in [-0.39, 0.29) is 23.0 Å². The fourth-order valence-corrected chi connectivity index (χ4v) is 4.07. The summed E-state index contributed by atoms with van der Waals surface area (Å²) in [6.07, 6.45) is -0.360. The summed E-state index contributed by atoms with van der Waals surface area (Å²) in [7, 11) is -5.22. The number of hydrogen-bond donors (Lipinski definition) is 1. The summed E-state index contributed by atoms with van der Waals surface area (Å²) in [4.78, 5) is 10.5. The second-order valence-corrected chi connectivity index (χ2v) is 14.6. The van der Waals surface area contributed by atoms with E-state index >= 15 is 0 Å². The molecule has 1 aromatic carbocycles. The Balaban J connectivity index is 2.65. The number of benzene rings is 1. The summed E-state index contributed by atoms with van der Waals surface area (Å²) in [5, 5.41) is 8.73. The van der Waals surface area contributed by atoms with Crippen molar-refractivity contribution < 1.29 is 22.7 Å². The molecule has 0 spiro atoms. The predicted octanol–water partition coefficient (Wildman–Crippen LogP) is 3.60. The molecule has 0 aliphatic rings. The molecule has 0 unspecified atom stereocenters. The van der Waals surface area contributed by atoms with Gasteiger partial charge in [-0.3, -0.25) is 4.79 Å². The molecule has 7 heteroatoms. The van der Waals surface area contributed by atoms with E-state index in [0.717, 1.165) is 5.56 Å². The minimum atomic E-state index is -3.40. The maximum absolute atomic E-state index is 11.9. The van der Waals surface area contributed by atoms with E-state index in [0.29, 0.717) is 12.2 Å². The standard InChI is InChI=1S/C17H28O5SSi/c1-17(2,3)24(4,5)22-12-14-6-8-15(9-7-14)13-23(20,21)11-10-16(18)19/h6-9H,10-13H2,1-5H3,(H,18,19). The predicted molar refractivity (Wildman–Crippen MR) is 98.2 cm³/mol. The average molecular weight is 373 g/mol. The van der Waals surface area contributed by atoms with Crippen LogP contribution in [-0.2, 0) is 31.4 Å². The first-order chi connectivity index (χ1) is 10.8. The van der Waals surface area contributed by atoms with Gasteiger partial charge in [0.15, 0.2) is 18.2 Å². The lowest BCUT2D eigenvalue weighted by Crippen LogP contribution is -2.40. The normalized spacial score (nSPS) is 13.0. The van der Waals surface area contributed by atoms with E-state index in [1.165, 1.54) is 0 Å². The van der Waals surface area contributed by atoms with Crippen molar-refractivity contribution in [1.29, 1.82) is 0 Å². The van der Waals surface area contributed by atoms with Gasteiger partial charge >= 0.3 is 5.97 Å².